The molecule has 1 amide bonds. The quantitative estimate of drug-likeness (QED) is 0.893. The van der Waals surface area contributed by atoms with Crippen LogP contribution in [0.4, 0.5) is 4.39 Å². The number of carbonyl (C=O) groups is 1. The minimum absolute atomic E-state index is 0.0224. The smallest absolute Gasteiger partial charge is 0.227 e. The molecule has 2 aliphatic rings. The Bertz CT molecular complexity index is 577. The highest BCUT2D eigenvalue weighted by Crippen LogP contribution is 2.29. The van der Waals surface area contributed by atoms with Crippen LogP contribution in [-0.4, -0.2) is 72.4 Å². The highest BCUT2D eigenvalue weighted by atomic mass is 19.1. The van der Waals surface area contributed by atoms with Gasteiger partial charge in [-0.2, -0.15) is 0 Å². The van der Waals surface area contributed by atoms with Gasteiger partial charge in [0.25, 0.3) is 0 Å². The van der Waals surface area contributed by atoms with Crippen LogP contribution in [-0.2, 0) is 16.0 Å². The van der Waals surface area contributed by atoms with Crippen molar-refractivity contribution >= 4 is 5.91 Å². The molecule has 6 heteroatoms. The number of hydrogen-bond donors (Lipinski definition) is 1. The Hall–Kier alpha value is -1.50. The van der Waals surface area contributed by atoms with Gasteiger partial charge in [0, 0.05) is 26.2 Å². The minimum Gasteiger partial charge on any atom is -0.389 e. The molecule has 3 atom stereocenters. The molecule has 1 heterocycles. The fourth-order valence-electron chi connectivity index (χ4n) is 3.78. The van der Waals surface area contributed by atoms with Crippen LogP contribution in [0.25, 0.3) is 0 Å². The topological polar surface area (TPSA) is 53.0 Å². The Morgan fingerprint density at radius 3 is 2.75 bits per heavy atom. The second-order valence-electron chi connectivity index (χ2n) is 6.62. The third-order valence-corrected chi connectivity index (χ3v) is 5.25. The summed E-state index contributed by atoms with van der Waals surface area (Å²) in [6.07, 6.45) is 1.08. The van der Waals surface area contributed by atoms with Crippen LogP contribution >= 0.6 is 0 Å². The molecule has 1 saturated heterocycles. The first-order valence-corrected chi connectivity index (χ1v) is 8.57. The normalized spacial score (nSPS) is 28.0. The number of carbonyl (C=O) groups excluding carboxylic acids is 1. The molecule has 3 rings (SSSR count). The summed E-state index contributed by atoms with van der Waals surface area (Å²) in [6, 6.07) is 6.19. The molecule has 0 radical (unpaired) electrons. The number of nitrogens with zero attached hydrogens (tertiary/aromatic N) is 2. The number of halogens is 1. The summed E-state index contributed by atoms with van der Waals surface area (Å²) in [4.78, 5) is 16.3. The zero-order valence-electron chi connectivity index (χ0n) is 14.0. The van der Waals surface area contributed by atoms with Crippen molar-refractivity contribution in [2.75, 3.05) is 33.4 Å². The molecule has 1 aromatic rings. The van der Waals surface area contributed by atoms with E-state index in [1.54, 1.807) is 30.1 Å². The number of hydrogen-bond acceptors (Lipinski definition) is 4. The molecule has 0 unspecified atom stereocenters. The van der Waals surface area contributed by atoms with Gasteiger partial charge in [0.15, 0.2) is 0 Å². The van der Waals surface area contributed by atoms with Crippen molar-refractivity contribution in [3.05, 3.63) is 35.6 Å². The molecule has 0 spiro atoms. The van der Waals surface area contributed by atoms with Crippen molar-refractivity contribution < 1.29 is 19.0 Å². The van der Waals surface area contributed by atoms with Crippen LogP contribution in [0, 0.1) is 5.82 Å². The highest BCUT2D eigenvalue weighted by Gasteiger charge is 2.41. The Kier molecular flexibility index (Phi) is 5.48. The van der Waals surface area contributed by atoms with E-state index < -0.39 is 6.10 Å². The fourth-order valence-corrected chi connectivity index (χ4v) is 3.78. The van der Waals surface area contributed by atoms with Crippen LogP contribution in [0.2, 0.25) is 0 Å². The third-order valence-electron chi connectivity index (χ3n) is 5.25. The minimum atomic E-state index is -0.572. The van der Waals surface area contributed by atoms with Crippen molar-refractivity contribution in [2.45, 2.75) is 37.5 Å². The van der Waals surface area contributed by atoms with E-state index in [4.69, 9.17) is 4.74 Å². The van der Waals surface area contributed by atoms with E-state index in [0.717, 1.165) is 25.9 Å². The summed E-state index contributed by atoms with van der Waals surface area (Å²) >= 11 is 0. The SMILES string of the molecule is CN(C(=O)Cc1ccccc1F)[C@@H]1CC[C@@H](N2CCOCC2)[C@@H]1O. The Labute approximate surface area is 142 Å². The van der Waals surface area contributed by atoms with E-state index in [-0.39, 0.29) is 30.2 Å². The largest absolute Gasteiger partial charge is 0.389 e. The average molecular weight is 336 g/mol. The van der Waals surface area contributed by atoms with Gasteiger partial charge in [0.2, 0.25) is 5.91 Å². The van der Waals surface area contributed by atoms with Crippen LogP contribution in [0.1, 0.15) is 18.4 Å². The number of ether oxygens (including phenoxy) is 1. The molecule has 0 aromatic heterocycles. The highest BCUT2D eigenvalue weighted by molar-refractivity contribution is 5.79. The van der Waals surface area contributed by atoms with E-state index in [9.17, 15) is 14.3 Å². The Balaban J connectivity index is 1.61. The van der Waals surface area contributed by atoms with Gasteiger partial charge in [0.05, 0.1) is 31.8 Å². The molecule has 1 aliphatic heterocycles. The molecular formula is C18H25FN2O3. The molecule has 1 aliphatic carbocycles. The lowest BCUT2D eigenvalue weighted by molar-refractivity contribution is -0.133. The van der Waals surface area contributed by atoms with Gasteiger partial charge in [0.1, 0.15) is 5.82 Å². The number of benzene rings is 1. The van der Waals surface area contributed by atoms with Crippen LogP contribution < -0.4 is 0 Å². The van der Waals surface area contributed by atoms with Gasteiger partial charge >= 0.3 is 0 Å². The first-order valence-electron chi connectivity index (χ1n) is 8.57. The molecule has 1 aromatic carbocycles. The van der Waals surface area contributed by atoms with Crippen molar-refractivity contribution in [2.24, 2.45) is 0 Å². The van der Waals surface area contributed by atoms with Crippen molar-refractivity contribution in [1.29, 1.82) is 0 Å². The molecule has 5 nitrogen and oxygen atoms in total. The van der Waals surface area contributed by atoms with Crippen LogP contribution in [0.5, 0.6) is 0 Å². The van der Waals surface area contributed by atoms with Crippen LogP contribution in [0.15, 0.2) is 24.3 Å². The van der Waals surface area contributed by atoms with Gasteiger partial charge in [-0.3, -0.25) is 9.69 Å². The zero-order chi connectivity index (χ0) is 17.1. The summed E-state index contributed by atoms with van der Waals surface area (Å²) in [7, 11) is 1.71. The first kappa shape index (κ1) is 17.3. The first-order chi connectivity index (χ1) is 11.6. The molecule has 24 heavy (non-hydrogen) atoms. The lowest BCUT2D eigenvalue weighted by Gasteiger charge is -2.36. The summed E-state index contributed by atoms with van der Waals surface area (Å²) in [5.41, 5.74) is 0.395. The summed E-state index contributed by atoms with van der Waals surface area (Å²) in [6.45, 7) is 3.02. The Morgan fingerprint density at radius 2 is 2.04 bits per heavy atom. The fraction of sp³-hybridized carbons (Fsp3) is 0.611. The molecule has 1 saturated carbocycles. The summed E-state index contributed by atoms with van der Waals surface area (Å²) in [5, 5.41) is 10.7. The predicted octanol–water partition coefficient (Wildman–Crippen LogP) is 1.05. The second-order valence-corrected chi connectivity index (χ2v) is 6.62. The lowest BCUT2D eigenvalue weighted by Crippen LogP contribution is -2.52. The van der Waals surface area contributed by atoms with E-state index in [1.165, 1.54) is 6.07 Å². The maximum atomic E-state index is 13.7. The number of morpholine rings is 1. The lowest BCUT2D eigenvalue weighted by atomic mass is 10.1. The van der Waals surface area contributed by atoms with E-state index in [2.05, 4.69) is 4.90 Å². The molecule has 2 fully saturated rings. The van der Waals surface area contributed by atoms with Crippen molar-refractivity contribution in [3.8, 4) is 0 Å². The number of likely N-dealkylation sites (N-methyl/N-ethyl adjacent to an activating group) is 1. The van der Waals surface area contributed by atoms with Crippen molar-refractivity contribution in [3.63, 3.8) is 0 Å². The van der Waals surface area contributed by atoms with E-state index >= 15 is 0 Å². The molecule has 0 bridgehead atoms. The van der Waals surface area contributed by atoms with Gasteiger partial charge in [-0.05, 0) is 24.5 Å². The molecule has 132 valence electrons. The van der Waals surface area contributed by atoms with Gasteiger partial charge in [-0.1, -0.05) is 18.2 Å². The third kappa shape index (κ3) is 3.61. The number of amides is 1. The number of rotatable bonds is 4. The summed E-state index contributed by atoms with van der Waals surface area (Å²) < 4.78 is 19.1. The number of aliphatic hydroxyl groups excluding tert-OH is 1. The standard InChI is InChI=1S/C18H25FN2O3/c1-20(17(22)12-13-4-2-3-5-14(13)19)15-6-7-16(18(15)23)21-8-10-24-11-9-21/h2-5,15-16,18,23H,6-12H2,1H3/t15-,16-,18-/m1/s1. The number of aliphatic hydroxyl groups is 1. The maximum Gasteiger partial charge on any atom is 0.227 e. The molecule has 1 N–H and O–H groups in total. The summed E-state index contributed by atoms with van der Waals surface area (Å²) in [5.74, 6) is -0.524. The van der Waals surface area contributed by atoms with E-state index in [1.807, 2.05) is 0 Å². The second kappa shape index (κ2) is 7.59. The predicted molar refractivity (Wildman–Crippen MR) is 88.1 cm³/mol. The Morgan fingerprint density at radius 1 is 1.33 bits per heavy atom. The molecular weight excluding hydrogens is 311 g/mol. The van der Waals surface area contributed by atoms with Gasteiger partial charge < -0.3 is 14.7 Å². The van der Waals surface area contributed by atoms with E-state index in [0.29, 0.717) is 18.8 Å². The van der Waals surface area contributed by atoms with Gasteiger partial charge in [-0.25, -0.2) is 4.39 Å². The average Bonchev–Trinajstić information content (AvgIpc) is 2.98. The monoisotopic (exact) mass is 336 g/mol. The zero-order valence-corrected chi connectivity index (χ0v) is 14.0. The maximum absolute atomic E-state index is 13.7. The van der Waals surface area contributed by atoms with Crippen LogP contribution in [0.3, 0.4) is 0 Å². The van der Waals surface area contributed by atoms with Gasteiger partial charge in [-0.15, -0.1) is 0 Å². The van der Waals surface area contributed by atoms with Crippen molar-refractivity contribution in [1.82, 2.24) is 9.80 Å².